The van der Waals surface area contributed by atoms with Crippen molar-refractivity contribution in [3.8, 4) is 17.6 Å². The second-order valence-corrected chi connectivity index (χ2v) is 16.7. The van der Waals surface area contributed by atoms with Crippen LogP contribution < -0.4 is 10.1 Å². The molecule has 0 aliphatic carbocycles. The molecule has 0 atom stereocenters. The number of hydrogen-bond acceptors (Lipinski definition) is 6. The summed E-state index contributed by atoms with van der Waals surface area (Å²) in [5.41, 5.74) is 0.480. The molecule has 1 heterocycles. The number of imidazole rings is 1. The molecule has 0 aliphatic rings. The molecule has 38 heavy (non-hydrogen) atoms. The summed E-state index contributed by atoms with van der Waals surface area (Å²) in [7, 11) is -1.31. The van der Waals surface area contributed by atoms with Crippen molar-refractivity contribution in [3.63, 3.8) is 0 Å². The standard InChI is InChI=1S/C25H26BrCl2FN4O4Si/c1-38(2,3)7-6-36-14-33-20(13-34)32-24(26)22(33)25(35)31-12-16-4-5-19(28)23(21(16)29)37-18-9-15(11-30)8-17(27)10-18/h4-5,8-10,34H,6-7,12-14H2,1-3H3,(H,31,35). The highest BCUT2D eigenvalue weighted by atomic mass is 79.9. The normalized spacial score (nSPS) is 11.3. The Kier molecular flexibility index (Phi) is 10.3. The molecule has 0 aliphatic heterocycles. The van der Waals surface area contributed by atoms with Gasteiger partial charge in [0.15, 0.2) is 11.6 Å². The number of benzene rings is 2. The molecule has 2 aromatic carbocycles. The summed E-state index contributed by atoms with van der Waals surface area (Å²) in [5, 5.41) is 21.8. The van der Waals surface area contributed by atoms with E-state index in [2.05, 4.69) is 45.9 Å². The fraction of sp³-hybridized carbons (Fsp3) is 0.320. The molecular weight excluding hydrogens is 618 g/mol. The minimum Gasteiger partial charge on any atom is -0.453 e. The third-order valence-corrected chi connectivity index (χ3v) is 8.14. The highest BCUT2D eigenvalue weighted by Crippen LogP contribution is 2.35. The Morgan fingerprint density at radius 3 is 2.68 bits per heavy atom. The average Bonchev–Trinajstić information content (AvgIpc) is 3.17. The quantitative estimate of drug-likeness (QED) is 0.183. The van der Waals surface area contributed by atoms with Crippen LogP contribution in [-0.2, 0) is 24.6 Å². The van der Waals surface area contributed by atoms with Crippen LogP contribution in [0.2, 0.25) is 35.7 Å². The molecule has 13 heteroatoms. The summed E-state index contributed by atoms with van der Waals surface area (Å²) in [4.78, 5) is 17.3. The molecule has 1 amide bonds. The molecule has 1 aromatic heterocycles. The van der Waals surface area contributed by atoms with E-state index in [0.717, 1.165) is 6.04 Å². The van der Waals surface area contributed by atoms with E-state index in [1.807, 2.05) is 6.07 Å². The van der Waals surface area contributed by atoms with Gasteiger partial charge in [0.05, 0.1) is 16.7 Å². The van der Waals surface area contributed by atoms with Gasteiger partial charge in [-0.3, -0.25) is 9.36 Å². The predicted octanol–water partition coefficient (Wildman–Crippen LogP) is 6.49. The number of carbonyl (C=O) groups excluding carboxylic acids is 1. The number of ether oxygens (including phenoxy) is 2. The number of hydrogen-bond donors (Lipinski definition) is 2. The van der Waals surface area contributed by atoms with Crippen LogP contribution in [0.25, 0.3) is 0 Å². The summed E-state index contributed by atoms with van der Waals surface area (Å²) in [6, 6.07) is 10.0. The van der Waals surface area contributed by atoms with E-state index in [0.29, 0.717) is 6.61 Å². The summed E-state index contributed by atoms with van der Waals surface area (Å²) in [6.07, 6.45) is 0. The van der Waals surface area contributed by atoms with Gasteiger partial charge in [-0.1, -0.05) is 48.9 Å². The smallest absolute Gasteiger partial charge is 0.271 e. The molecule has 0 unspecified atom stereocenters. The zero-order valence-corrected chi connectivity index (χ0v) is 25.0. The summed E-state index contributed by atoms with van der Waals surface area (Å²) in [6.45, 7) is 6.64. The first kappa shape index (κ1) is 30.1. The lowest BCUT2D eigenvalue weighted by atomic mass is 10.2. The van der Waals surface area contributed by atoms with Crippen LogP contribution in [0.3, 0.4) is 0 Å². The molecule has 0 fully saturated rings. The number of aliphatic hydroxyl groups excluding tert-OH is 1. The third kappa shape index (κ3) is 7.78. The summed E-state index contributed by atoms with van der Waals surface area (Å²) >= 11 is 15.4. The largest absolute Gasteiger partial charge is 0.453 e. The molecule has 2 N–H and O–H groups in total. The van der Waals surface area contributed by atoms with Gasteiger partial charge in [0, 0.05) is 31.8 Å². The first-order valence-corrected chi connectivity index (χ1v) is 16.8. The van der Waals surface area contributed by atoms with Crippen LogP contribution in [0.15, 0.2) is 34.9 Å². The lowest BCUT2D eigenvalue weighted by Crippen LogP contribution is -2.28. The number of nitrogens with one attached hydrogen (secondary N) is 1. The molecule has 0 radical (unpaired) electrons. The number of halogens is 4. The Morgan fingerprint density at radius 2 is 2.03 bits per heavy atom. The molecular formula is C25H26BrCl2FN4O4Si. The Labute approximate surface area is 239 Å². The van der Waals surface area contributed by atoms with Gasteiger partial charge >= 0.3 is 0 Å². The van der Waals surface area contributed by atoms with Crippen LogP contribution in [0.1, 0.15) is 27.4 Å². The van der Waals surface area contributed by atoms with E-state index in [-0.39, 0.29) is 62.1 Å². The van der Waals surface area contributed by atoms with E-state index < -0.39 is 26.4 Å². The van der Waals surface area contributed by atoms with Gasteiger partial charge in [-0.15, -0.1) is 0 Å². The molecule has 0 saturated heterocycles. The number of nitrogens with zero attached hydrogens (tertiary/aromatic N) is 3. The van der Waals surface area contributed by atoms with Crippen molar-refractivity contribution < 1.29 is 23.8 Å². The van der Waals surface area contributed by atoms with Gasteiger partial charge in [-0.05, 0) is 46.2 Å². The van der Waals surface area contributed by atoms with E-state index in [1.165, 1.54) is 34.9 Å². The number of rotatable bonds is 11. The van der Waals surface area contributed by atoms with Gasteiger partial charge in [0.2, 0.25) is 0 Å². The Hall–Kier alpha value is -2.46. The van der Waals surface area contributed by atoms with Crippen molar-refractivity contribution in [1.82, 2.24) is 14.9 Å². The van der Waals surface area contributed by atoms with Crippen LogP contribution in [0.4, 0.5) is 4.39 Å². The molecule has 0 spiro atoms. The van der Waals surface area contributed by atoms with E-state index >= 15 is 4.39 Å². The van der Waals surface area contributed by atoms with Gasteiger partial charge < -0.3 is 19.9 Å². The second kappa shape index (κ2) is 13.1. The first-order valence-electron chi connectivity index (χ1n) is 11.5. The van der Waals surface area contributed by atoms with Crippen LogP contribution in [0.5, 0.6) is 11.5 Å². The van der Waals surface area contributed by atoms with E-state index in [1.54, 1.807) is 0 Å². The van der Waals surface area contributed by atoms with Gasteiger partial charge in [-0.2, -0.15) is 5.26 Å². The molecule has 0 saturated carbocycles. The zero-order chi connectivity index (χ0) is 28.0. The molecule has 8 nitrogen and oxygen atoms in total. The van der Waals surface area contributed by atoms with Crippen molar-refractivity contribution in [2.24, 2.45) is 0 Å². The van der Waals surface area contributed by atoms with Crippen LogP contribution in [0, 0.1) is 17.1 Å². The average molecular weight is 644 g/mol. The van der Waals surface area contributed by atoms with Crippen molar-refractivity contribution in [3.05, 3.63) is 73.4 Å². The van der Waals surface area contributed by atoms with Gasteiger partial charge in [0.25, 0.3) is 5.91 Å². The van der Waals surface area contributed by atoms with Gasteiger partial charge in [-0.25, -0.2) is 9.37 Å². The summed E-state index contributed by atoms with van der Waals surface area (Å²) < 4.78 is 28.4. The maximum atomic E-state index is 15.3. The number of aliphatic hydroxyl groups is 1. The van der Waals surface area contributed by atoms with Crippen LogP contribution >= 0.6 is 39.1 Å². The van der Waals surface area contributed by atoms with Crippen molar-refractivity contribution in [2.75, 3.05) is 6.61 Å². The van der Waals surface area contributed by atoms with Crippen molar-refractivity contribution in [1.29, 1.82) is 5.26 Å². The number of aromatic nitrogens is 2. The van der Waals surface area contributed by atoms with Gasteiger partial charge in [0.1, 0.15) is 35.2 Å². The SMILES string of the molecule is C[Si](C)(C)CCOCn1c(CO)nc(Br)c1C(=O)NCc1ccc(Cl)c(Oc2cc(Cl)cc(C#N)c2)c1F. The highest BCUT2D eigenvalue weighted by Gasteiger charge is 2.23. The predicted molar refractivity (Wildman–Crippen MR) is 149 cm³/mol. The molecule has 202 valence electrons. The van der Waals surface area contributed by atoms with E-state index in [4.69, 9.17) is 37.9 Å². The molecule has 3 rings (SSSR count). The maximum Gasteiger partial charge on any atom is 0.271 e. The Morgan fingerprint density at radius 1 is 1.29 bits per heavy atom. The topological polar surface area (TPSA) is 109 Å². The number of amides is 1. The monoisotopic (exact) mass is 642 g/mol. The number of carbonyl (C=O) groups is 1. The minimum absolute atomic E-state index is 0.0000603. The maximum absolute atomic E-state index is 15.3. The van der Waals surface area contributed by atoms with Crippen molar-refractivity contribution in [2.45, 2.75) is 45.6 Å². The fourth-order valence-corrected chi connectivity index (χ4v) is 5.11. The first-order chi connectivity index (χ1) is 17.9. The Bertz CT molecular complexity index is 1370. The lowest BCUT2D eigenvalue weighted by Gasteiger charge is -2.17. The fourth-order valence-electron chi connectivity index (χ4n) is 3.34. The van der Waals surface area contributed by atoms with Crippen molar-refractivity contribution >= 4 is 53.1 Å². The summed E-state index contributed by atoms with van der Waals surface area (Å²) in [5.74, 6) is -1.22. The lowest BCUT2D eigenvalue weighted by molar-refractivity contribution is 0.0747. The minimum atomic E-state index is -1.31. The van der Waals surface area contributed by atoms with Crippen LogP contribution in [-0.4, -0.2) is 35.2 Å². The number of nitriles is 1. The zero-order valence-electron chi connectivity index (χ0n) is 20.9. The Balaban J connectivity index is 1.77. The van der Waals surface area contributed by atoms with E-state index in [9.17, 15) is 9.90 Å². The third-order valence-electron chi connectivity index (χ3n) is 5.37. The second-order valence-electron chi connectivity index (χ2n) is 9.52. The molecule has 0 bridgehead atoms. The molecule has 3 aromatic rings. The highest BCUT2D eigenvalue weighted by molar-refractivity contribution is 9.10.